The number of carbonyl (C=O) groups is 8. The number of aliphatic carboxylic acids is 2. The van der Waals surface area contributed by atoms with E-state index in [9.17, 15) is 43.5 Å². The Bertz CT molecular complexity index is 1710. The number of likely N-dealkylation sites (tertiary alicyclic amines) is 1. The number of likely N-dealkylation sites (N-methyl/N-ethyl adjacent to an activating group) is 1. The SMILES string of the molecule is C/C(=C\[C@H](C(C)C)N(C)C(=O)C(NC(=O)[C@@H](N)C(C)(C)c1ccccc1)C(C)(C)C)C(=O)N[C@H](CCC(=O)NCCN1C(=O)CC(SC[C@H](N)C(=O)O)C1=O)C(=O)O. The van der Waals surface area contributed by atoms with Gasteiger partial charge in [0.2, 0.25) is 35.4 Å². The molecule has 0 aromatic heterocycles. The minimum absolute atomic E-state index is 0.0566. The lowest BCUT2D eigenvalue weighted by Gasteiger charge is -2.39. The maximum atomic E-state index is 14.1. The number of carbonyl (C=O) groups excluding carboxylic acids is 6. The Balaban J connectivity index is 2.04. The molecule has 0 aliphatic carbocycles. The maximum absolute atomic E-state index is 14.1. The number of hydrogen-bond acceptors (Lipinski definition) is 11. The smallest absolute Gasteiger partial charge is 0.326 e. The number of thioether (sulfide) groups is 1. The van der Waals surface area contributed by atoms with Crippen molar-refractivity contribution in [1.82, 2.24) is 25.8 Å². The molecule has 18 heteroatoms. The molecule has 1 aromatic carbocycles. The Morgan fingerprint density at radius 2 is 1.59 bits per heavy atom. The number of nitrogens with one attached hydrogen (secondary N) is 3. The summed E-state index contributed by atoms with van der Waals surface area (Å²) in [6.45, 7) is 14.1. The molecule has 9 N–H and O–H groups in total. The summed E-state index contributed by atoms with van der Waals surface area (Å²) in [5.74, 6) is -6.08. The Labute approximate surface area is 344 Å². The molecular formula is C40H61N7O10S. The Morgan fingerprint density at radius 1 is 0.983 bits per heavy atom. The molecule has 1 aliphatic rings. The second-order valence-electron chi connectivity index (χ2n) is 16.5. The van der Waals surface area contributed by atoms with Crippen LogP contribution >= 0.6 is 11.8 Å². The highest BCUT2D eigenvalue weighted by atomic mass is 32.2. The molecular weight excluding hydrogens is 771 g/mol. The first-order valence-electron chi connectivity index (χ1n) is 19.1. The van der Waals surface area contributed by atoms with Crippen molar-refractivity contribution in [2.24, 2.45) is 22.8 Å². The van der Waals surface area contributed by atoms with Crippen LogP contribution in [0.4, 0.5) is 0 Å². The molecule has 1 fully saturated rings. The molecule has 1 aliphatic heterocycles. The van der Waals surface area contributed by atoms with E-state index < -0.39 is 93.7 Å². The first-order chi connectivity index (χ1) is 26.8. The van der Waals surface area contributed by atoms with E-state index in [0.29, 0.717) is 0 Å². The van der Waals surface area contributed by atoms with Crippen molar-refractivity contribution >= 4 is 59.1 Å². The summed E-state index contributed by atoms with van der Waals surface area (Å²) in [6.07, 6.45) is 0.860. The maximum Gasteiger partial charge on any atom is 0.326 e. The second kappa shape index (κ2) is 21.3. The zero-order chi connectivity index (χ0) is 44.3. The normalized spacial score (nSPS) is 17.6. The highest BCUT2D eigenvalue weighted by molar-refractivity contribution is 8.00. The van der Waals surface area contributed by atoms with Crippen molar-refractivity contribution in [2.75, 3.05) is 25.9 Å². The summed E-state index contributed by atoms with van der Waals surface area (Å²) in [5, 5.41) is 25.9. The highest BCUT2D eigenvalue weighted by Crippen LogP contribution is 2.29. The molecule has 0 radical (unpaired) electrons. The molecule has 17 nitrogen and oxygen atoms in total. The topological polar surface area (TPSA) is 272 Å². The molecule has 6 atom stereocenters. The van der Waals surface area contributed by atoms with E-state index in [1.165, 1.54) is 11.8 Å². The van der Waals surface area contributed by atoms with Gasteiger partial charge in [0.25, 0.3) is 0 Å². The zero-order valence-electron chi connectivity index (χ0n) is 34.9. The lowest BCUT2D eigenvalue weighted by atomic mass is 9.77. The standard InChI is InChI=1S/C40H61N7O10S/c1-22(2)27(46(9)36(53)32(39(4,5)6)45-34(51)31(42)40(7,8)24-13-11-10-12-14-24)19-23(3)33(50)44-26(38(56)57)15-16-29(48)43-17-18-47-30(49)20-28(35(47)52)58-21-25(41)37(54)55/h10-14,19,22,25-28,31-32H,15-18,20-21,41-42H2,1-9H3,(H,43,48)(H,44,50)(H,45,51)(H,54,55)(H,56,57)/b23-19+/t25-,26+,27+,28?,31+,32?/m0/s1. The largest absolute Gasteiger partial charge is 0.480 e. The number of nitrogens with zero attached hydrogens (tertiary/aromatic N) is 2. The van der Waals surface area contributed by atoms with E-state index in [4.69, 9.17) is 16.6 Å². The van der Waals surface area contributed by atoms with Crippen LogP contribution < -0.4 is 27.4 Å². The Kier molecular flexibility index (Phi) is 18.1. The second-order valence-corrected chi connectivity index (χ2v) is 17.7. The van der Waals surface area contributed by atoms with Gasteiger partial charge in [-0.3, -0.25) is 38.5 Å². The van der Waals surface area contributed by atoms with E-state index >= 15 is 0 Å². The van der Waals surface area contributed by atoms with Crippen molar-refractivity contribution < 1.29 is 48.6 Å². The molecule has 1 saturated heterocycles. The number of nitrogens with two attached hydrogens (primary N) is 2. The van der Waals surface area contributed by atoms with E-state index in [2.05, 4.69) is 16.0 Å². The van der Waals surface area contributed by atoms with Crippen LogP contribution in [0, 0.1) is 11.3 Å². The number of imide groups is 1. The van der Waals surface area contributed by atoms with Gasteiger partial charge in [0, 0.05) is 49.7 Å². The summed E-state index contributed by atoms with van der Waals surface area (Å²) in [7, 11) is 1.57. The van der Waals surface area contributed by atoms with Crippen LogP contribution in [0.5, 0.6) is 0 Å². The van der Waals surface area contributed by atoms with Crippen molar-refractivity contribution in [3.05, 3.63) is 47.5 Å². The third-order valence-electron chi connectivity index (χ3n) is 10.2. The van der Waals surface area contributed by atoms with E-state index in [0.717, 1.165) is 22.2 Å². The molecule has 0 spiro atoms. The quantitative estimate of drug-likeness (QED) is 0.0674. The fourth-order valence-electron chi connectivity index (χ4n) is 6.20. The van der Waals surface area contributed by atoms with Crippen LogP contribution in [0.15, 0.2) is 42.0 Å². The van der Waals surface area contributed by atoms with E-state index in [-0.39, 0.29) is 49.6 Å². The van der Waals surface area contributed by atoms with Gasteiger partial charge < -0.3 is 42.5 Å². The number of hydrogen-bond donors (Lipinski definition) is 7. The molecule has 58 heavy (non-hydrogen) atoms. The van der Waals surface area contributed by atoms with Crippen molar-refractivity contribution in [1.29, 1.82) is 0 Å². The van der Waals surface area contributed by atoms with E-state index in [1.807, 2.05) is 78.8 Å². The van der Waals surface area contributed by atoms with Gasteiger partial charge in [-0.2, -0.15) is 0 Å². The van der Waals surface area contributed by atoms with E-state index in [1.54, 1.807) is 13.1 Å². The lowest BCUT2D eigenvalue weighted by molar-refractivity contribution is -0.142. The highest BCUT2D eigenvalue weighted by Gasteiger charge is 2.41. The van der Waals surface area contributed by atoms with Crippen LogP contribution in [-0.2, 0) is 43.8 Å². The van der Waals surface area contributed by atoms with Gasteiger partial charge in [0.1, 0.15) is 18.1 Å². The van der Waals surface area contributed by atoms with Crippen LogP contribution in [0.3, 0.4) is 0 Å². The van der Waals surface area contributed by atoms with Crippen LogP contribution in [0.1, 0.15) is 80.2 Å². The molecule has 0 bridgehead atoms. The summed E-state index contributed by atoms with van der Waals surface area (Å²) in [4.78, 5) is 104. The summed E-state index contributed by atoms with van der Waals surface area (Å²) in [6, 6.07) is 4.11. The fourth-order valence-corrected chi connectivity index (χ4v) is 7.31. The monoisotopic (exact) mass is 831 g/mol. The van der Waals surface area contributed by atoms with Crippen LogP contribution in [-0.4, -0.2) is 129 Å². The number of amides is 6. The predicted molar refractivity (Wildman–Crippen MR) is 219 cm³/mol. The Morgan fingerprint density at radius 3 is 2.12 bits per heavy atom. The first-order valence-corrected chi connectivity index (χ1v) is 20.2. The molecule has 2 rings (SSSR count). The van der Waals surface area contributed by atoms with Crippen molar-refractivity contribution in [2.45, 2.75) is 116 Å². The van der Waals surface area contributed by atoms with Crippen LogP contribution in [0.25, 0.3) is 0 Å². The molecule has 1 aromatic rings. The van der Waals surface area contributed by atoms with Gasteiger partial charge >= 0.3 is 11.9 Å². The minimum atomic E-state index is -1.44. The van der Waals surface area contributed by atoms with Gasteiger partial charge in [-0.25, -0.2) is 4.79 Å². The Hall–Kier alpha value is -4.81. The first kappa shape index (κ1) is 49.3. The number of benzene rings is 1. The summed E-state index contributed by atoms with van der Waals surface area (Å²) >= 11 is 0.974. The van der Waals surface area contributed by atoms with Crippen molar-refractivity contribution in [3.8, 4) is 0 Å². The van der Waals surface area contributed by atoms with Gasteiger partial charge in [-0.05, 0) is 30.2 Å². The summed E-state index contributed by atoms with van der Waals surface area (Å²) in [5.41, 5.74) is 11.5. The van der Waals surface area contributed by atoms with Crippen LogP contribution in [0.2, 0.25) is 0 Å². The van der Waals surface area contributed by atoms with Gasteiger partial charge in [-0.15, -0.1) is 11.8 Å². The number of rotatable bonds is 21. The van der Waals surface area contributed by atoms with Gasteiger partial charge in [-0.1, -0.05) is 84.9 Å². The van der Waals surface area contributed by atoms with Gasteiger partial charge in [0.15, 0.2) is 0 Å². The predicted octanol–water partition coefficient (Wildman–Crippen LogP) is 0.990. The third-order valence-corrected chi connectivity index (χ3v) is 11.5. The molecule has 322 valence electrons. The summed E-state index contributed by atoms with van der Waals surface area (Å²) < 4.78 is 0. The zero-order valence-corrected chi connectivity index (χ0v) is 35.7. The average Bonchev–Trinajstić information content (AvgIpc) is 3.42. The van der Waals surface area contributed by atoms with Gasteiger partial charge in [0.05, 0.1) is 17.3 Å². The minimum Gasteiger partial charge on any atom is -0.480 e. The number of carboxylic acids is 2. The molecule has 1 heterocycles. The van der Waals surface area contributed by atoms with Crippen molar-refractivity contribution in [3.63, 3.8) is 0 Å². The third kappa shape index (κ3) is 13.7. The fraction of sp³-hybridized carbons (Fsp3) is 0.600. The molecule has 0 saturated carbocycles. The molecule has 6 amide bonds. The lowest BCUT2D eigenvalue weighted by Crippen LogP contribution is -2.61. The number of carboxylic acid groups (broad SMARTS) is 2. The average molecular weight is 832 g/mol. The molecule has 2 unspecified atom stereocenters.